The molecule has 0 aromatic heterocycles. The molecule has 2 aliphatic rings. The molecular weight excluding hydrogens is 509 g/mol. The summed E-state index contributed by atoms with van der Waals surface area (Å²) >= 11 is 6.07. The average Bonchev–Trinajstić information content (AvgIpc) is 3.24. The molecule has 3 aromatic carbocycles. The van der Waals surface area contributed by atoms with Crippen LogP contribution in [0.25, 0.3) is 6.08 Å². The minimum absolute atomic E-state index is 0.333. The lowest BCUT2D eigenvalue weighted by Crippen LogP contribution is -2.49. The first-order valence-corrected chi connectivity index (χ1v) is 12.1. The van der Waals surface area contributed by atoms with Crippen LogP contribution in [-0.2, 0) is 4.79 Å². The molecule has 1 amide bonds. The molecule has 38 heavy (non-hydrogen) atoms. The maximum absolute atomic E-state index is 14.3. The second kappa shape index (κ2) is 9.51. The fourth-order valence-corrected chi connectivity index (χ4v) is 5.79. The van der Waals surface area contributed by atoms with Gasteiger partial charge in [-0.25, -0.2) is 4.39 Å². The number of methoxy groups -OCH3 is 2. The number of hydrogen-bond donors (Lipinski definition) is 1. The van der Waals surface area contributed by atoms with E-state index in [2.05, 4.69) is 6.07 Å². The fourth-order valence-electron chi connectivity index (χ4n) is 5.66. The van der Waals surface area contributed by atoms with Crippen LogP contribution in [0.4, 0.5) is 10.1 Å². The van der Waals surface area contributed by atoms with Crippen molar-refractivity contribution in [3.8, 4) is 17.6 Å². The number of primary amides is 1. The van der Waals surface area contributed by atoms with Crippen molar-refractivity contribution < 1.29 is 23.5 Å². The minimum Gasteiger partial charge on any atom is -0.493 e. The summed E-state index contributed by atoms with van der Waals surface area (Å²) < 4.78 is 25.0. The third-order valence-corrected chi connectivity index (χ3v) is 7.61. The number of halogens is 2. The van der Waals surface area contributed by atoms with E-state index in [-0.39, 0.29) is 5.78 Å². The maximum atomic E-state index is 14.3. The number of ketones is 1. The van der Waals surface area contributed by atoms with Gasteiger partial charge in [-0.2, -0.15) is 5.26 Å². The van der Waals surface area contributed by atoms with E-state index in [4.69, 9.17) is 26.8 Å². The van der Waals surface area contributed by atoms with Gasteiger partial charge in [0.1, 0.15) is 11.9 Å². The number of hydrogen-bond acceptors (Lipinski definition) is 6. The van der Waals surface area contributed by atoms with E-state index in [0.29, 0.717) is 38.9 Å². The predicted molar refractivity (Wildman–Crippen MR) is 141 cm³/mol. The van der Waals surface area contributed by atoms with Crippen LogP contribution in [0, 0.1) is 22.6 Å². The third kappa shape index (κ3) is 3.70. The van der Waals surface area contributed by atoms with Gasteiger partial charge < -0.3 is 20.1 Å². The van der Waals surface area contributed by atoms with Crippen molar-refractivity contribution in [1.82, 2.24) is 0 Å². The largest absolute Gasteiger partial charge is 0.493 e. The summed E-state index contributed by atoms with van der Waals surface area (Å²) in [5.41, 5.74) is 5.99. The van der Waals surface area contributed by atoms with Crippen molar-refractivity contribution in [3.63, 3.8) is 0 Å². The highest BCUT2D eigenvalue weighted by Gasteiger charge is 2.66. The Labute approximate surface area is 223 Å². The highest BCUT2D eigenvalue weighted by Crippen LogP contribution is 2.56. The average molecular weight is 532 g/mol. The quantitative estimate of drug-likeness (QED) is 0.460. The molecule has 0 saturated carbocycles. The zero-order valence-corrected chi connectivity index (χ0v) is 21.3. The number of anilines is 1. The number of carbonyl (C=O) groups excluding carboxylic acids is 2. The molecule has 0 unspecified atom stereocenters. The van der Waals surface area contributed by atoms with Crippen molar-refractivity contribution >= 4 is 35.1 Å². The summed E-state index contributed by atoms with van der Waals surface area (Å²) in [5, 5.41) is 11.1. The van der Waals surface area contributed by atoms with Crippen LogP contribution >= 0.6 is 11.6 Å². The topological polar surface area (TPSA) is 106 Å². The van der Waals surface area contributed by atoms with Gasteiger partial charge in [0, 0.05) is 27.8 Å². The van der Waals surface area contributed by atoms with Gasteiger partial charge in [0.25, 0.3) is 0 Å². The van der Waals surface area contributed by atoms with Crippen molar-refractivity contribution in [3.05, 3.63) is 94.3 Å². The summed E-state index contributed by atoms with van der Waals surface area (Å²) in [7, 11) is 2.96. The Balaban J connectivity index is 1.81. The van der Waals surface area contributed by atoms with Crippen LogP contribution in [-0.4, -0.2) is 38.0 Å². The van der Waals surface area contributed by atoms with Crippen LogP contribution in [0.5, 0.6) is 11.5 Å². The smallest absolute Gasteiger partial charge is 0.241 e. The van der Waals surface area contributed by atoms with Crippen LogP contribution < -0.4 is 20.1 Å². The molecule has 1 fully saturated rings. The molecule has 0 aliphatic carbocycles. The lowest BCUT2D eigenvalue weighted by molar-refractivity contribution is -0.125. The first-order chi connectivity index (χ1) is 18.3. The SMILES string of the molecule is COc1ccc([C@@H]2[C@@H](C(=O)c3ccc(Cl)cc3)N3c4ccc(F)cc4C=C[C@@H]3[C@@]2(C#N)C(N)=O)cc1OC. The van der Waals surface area contributed by atoms with E-state index in [1.165, 1.54) is 26.4 Å². The molecule has 1 saturated heterocycles. The summed E-state index contributed by atoms with van der Waals surface area (Å²) in [5.74, 6) is -1.90. The molecule has 7 nitrogen and oxygen atoms in total. The van der Waals surface area contributed by atoms with Gasteiger partial charge in [0.05, 0.1) is 26.3 Å². The highest BCUT2D eigenvalue weighted by atomic mass is 35.5. The second-order valence-electron chi connectivity index (χ2n) is 9.17. The van der Waals surface area contributed by atoms with Gasteiger partial charge in [-0.15, -0.1) is 0 Å². The van der Waals surface area contributed by atoms with E-state index in [1.54, 1.807) is 65.6 Å². The molecule has 4 atom stereocenters. The highest BCUT2D eigenvalue weighted by molar-refractivity contribution is 6.30. The number of rotatable bonds is 6. The molecule has 5 rings (SSSR count). The first kappa shape index (κ1) is 25.3. The summed E-state index contributed by atoms with van der Waals surface area (Å²) in [6.45, 7) is 0. The van der Waals surface area contributed by atoms with E-state index in [0.717, 1.165) is 0 Å². The van der Waals surface area contributed by atoms with Gasteiger partial charge in [0.2, 0.25) is 5.91 Å². The number of benzene rings is 3. The number of Topliss-reactive ketones (excluding diaryl/α,β-unsaturated/α-hetero) is 1. The molecule has 9 heteroatoms. The van der Waals surface area contributed by atoms with Crippen molar-refractivity contribution in [2.75, 3.05) is 19.1 Å². The summed E-state index contributed by atoms with van der Waals surface area (Å²) in [6.07, 6.45) is 3.29. The molecule has 3 aromatic rings. The lowest BCUT2D eigenvalue weighted by Gasteiger charge is -2.36. The Morgan fingerprint density at radius 2 is 1.76 bits per heavy atom. The number of nitrogens with zero attached hydrogens (tertiary/aromatic N) is 2. The van der Waals surface area contributed by atoms with Crippen LogP contribution in [0.3, 0.4) is 0 Å². The van der Waals surface area contributed by atoms with Crippen molar-refractivity contribution in [2.24, 2.45) is 11.1 Å². The standard InChI is InChI=1S/C29H23ClFN3O4/c1-37-22-11-5-18(14-23(22)38-2)25-26(27(35)16-3-7-19(30)8-4-16)34-21-10-9-20(31)13-17(21)6-12-24(34)29(25,15-32)28(33)36/h3-14,24-26H,1-2H3,(H2,33,36)/t24-,25-,26+,29-/m1/s1. The minimum atomic E-state index is -1.85. The molecule has 192 valence electrons. The normalized spacial score (nSPS) is 23.2. The Hall–Kier alpha value is -4.35. The molecule has 2 heterocycles. The molecular formula is C29H23ClFN3O4. The Bertz CT molecular complexity index is 1520. The molecule has 2 aliphatic heterocycles. The predicted octanol–water partition coefficient (Wildman–Crippen LogP) is 4.74. The van der Waals surface area contributed by atoms with Gasteiger partial charge in [-0.1, -0.05) is 29.8 Å². The first-order valence-electron chi connectivity index (χ1n) is 11.8. The molecule has 0 radical (unpaired) electrons. The molecule has 2 N–H and O–H groups in total. The lowest BCUT2D eigenvalue weighted by atomic mass is 9.67. The molecule has 0 bridgehead atoms. The Morgan fingerprint density at radius 1 is 1.05 bits per heavy atom. The van der Waals surface area contributed by atoms with Crippen LogP contribution in [0.15, 0.2) is 66.7 Å². The van der Waals surface area contributed by atoms with E-state index in [1.807, 2.05) is 0 Å². The van der Waals surface area contributed by atoms with E-state index < -0.39 is 35.1 Å². The van der Waals surface area contributed by atoms with Gasteiger partial charge in [0.15, 0.2) is 22.7 Å². The Morgan fingerprint density at radius 3 is 2.39 bits per heavy atom. The monoisotopic (exact) mass is 531 g/mol. The van der Waals surface area contributed by atoms with Crippen molar-refractivity contribution in [2.45, 2.75) is 18.0 Å². The zero-order chi connectivity index (χ0) is 27.2. The number of fused-ring (bicyclic) bond motifs is 3. The van der Waals surface area contributed by atoms with Gasteiger partial charge in [-0.05, 0) is 60.2 Å². The second-order valence-corrected chi connectivity index (χ2v) is 9.60. The number of ether oxygens (including phenoxy) is 2. The third-order valence-electron chi connectivity index (χ3n) is 7.35. The Kier molecular flexibility index (Phi) is 6.33. The number of nitriles is 1. The molecule has 0 spiro atoms. The zero-order valence-electron chi connectivity index (χ0n) is 20.5. The number of carbonyl (C=O) groups is 2. The van der Waals surface area contributed by atoms with Crippen LogP contribution in [0.1, 0.15) is 27.4 Å². The van der Waals surface area contributed by atoms with Gasteiger partial charge >= 0.3 is 0 Å². The van der Waals surface area contributed by atoms with Crippen LogP contribution in [0.2, 0.25) is 5.02 Å². The fraction of sp³-hybridized carbons (Fsp3) is 0.207. The van der Waals surface area contributed by atoms with Gasteiger partial charge in [-0.3, -0.25) is 9.59 Å². The number of amides is 1. The number of nitrogens with two attached hydrogens (primary N) is 1. The summed E-state index contributed by atoms with van der Waals surface area (Å²) in [6, 6.07) is 15.8. The van der Waals surface area contributed by atoms with E-state index in [9.17, 15) is 19.2 Å². The van der Waals surface area contributed by atoms with Crippen molar-refractivity contribution in [1.29, 1.82) is 5.26 Å². The van der Waals surface area contributed by atoms with E-state index >= 15 is 0 Å². The summed E-state index contributed by atoms with van der Waals surface area (Å²) in [4.78, 5) is 29.3. The maximum Gasteiger partial charge on any atom is 0.241 e.